The molecule has 0 spiro atoms. The maximum absolute atomic E-state index is 13.7. The van der Waals surface area contributed by atoms with E-state index >= 15 is 0 Å². The van der Waals surface area contributed by atoms with E-state index in [-0.39, 0.29) is 12.3 Å². The predicted molar refractivity (Wildman–Crippen MR) is 136 cm³/mol. The number of amides is 4. The highest BCUT2D eigenvalue weighted by atomic mass is 16.5. The molecule has 0 radical (unpaired) electrons. The Hall–Kier alpha value is -3.88. The molecule has 9 nitrogen and oxygen atoms in total. The molecule has 1 aliphatic heterocycles. The Morgan fingerprint density at radius 3 is 2.14 bits per heavy atom. The molecule has 2 aromatic carbocycles. The fraction of sp³-hybridized carbons (Fsp3) is 0.429. The molecule has 3 N–H and O–H groups in total. The van der Waals surface area contributed by atoms with Gasteiger partial charge in [0.15, 0.2) is 0 Å². The van der Waals surface area contributed by atoms with Gasteiger partial charge in [-0.1, -0.05) is 55.7 Å². The van der Waals surface area contributed by atoms with E-state index in [0.29, 0.717) is 29.7 Å². The Balaban J connectivity index is 1.53. The number of urea groups is 1. The Labute approximate surface area is 216 Å². The molecule has 4 amide bonds. The van der Waals surface area contributed by atoms with E-state index in [0.717, 1.165) is 24.8 Å². The number of rotatable bonds is 8. The van der Waals surface area contributed by atoms with Gasteiger partial charge in [-0.05, 0) is 48.6 Å². The average molecular weight is 508 g/mol. The third-order valence-electron chi connectivity index (χ3n) is 7.98. The van der Waals surface area contributed by atoms with Crippen molar-refractivity contribution in [2.45, 2.75) is 62.4 Å². The van der Waals surface area contributed by atoms with Gasteiger partial charge in [0.1, 0.15) is 17.3 Å². The summed E-state index contributed by atoms with van der Waals surface area (Å²) < 4.78 is 5.26. The second kappa shape index (κ2) is 10.2. The first-order valence-corrected chi connectivity index (χ1v) is 12.5. The van der Waals surface area contributed by atoms with Crippen LogP contribution in [0, 0.1) is 0 Å². The standard InChI is InChI=1S/C28H33N3O6/c1-27(24(34)30-26(36)31(27)2)19-9-7-18(8-10-19)17-22(23(32)33)29-25(35)28(15-5-4-6-16-28)20-11-13-21(37-3)14-12-20/h7-14,22H,4-6,15-17H2,1-3H3,(H,29,35)(H,32,33)(H,30,34,36)/t22-,27-/m0/s1. The van der Waals surface area contributed by atoms with Crippen molar-refractivity contribution in [3.63, 3.8) is 0 Å². The minimum absolute atomic E-state index is 0.0811. The van der Waals surface area contributed by atoms with Gasteiger partial charge in [-0.25, -0.2) is 9.59 Å². The van der Waals surface area contributed by atoms with Crippen molar-refractivity contribution in [3.05, 3.63) is 65.2 Å². The topological polar surface area (TPSA) is 125 Å². The second-order valence-corrected chi connectivity index (χ2v) is 10.0. The monoisotopic (exact) mass is 507 g/mol. The number of hydrogen-bond acceptors (Lipinski definition) is 5. The molecule has 2 fully saturated rings. The zero-order valence-corrected chi connectivity index (χ0v) is 21.4. The number of nitrogens with zero attached hydrogens (tertiary/aromatic N) is 1. The summed E-state index contributed by atoms with van der Waals surface area (Å²) in [6.07, 6.45) is 4.21. The molecule has 196 valence electrons. The van der Waals surface area contributed by atoms with Gasteiger partial charge in [0.2, 0.25) is 5.91 Å². The van der Waals surface area contributed by atoms with Crippen molar-refractivity contribution in [2.24, 2.45) is 0 Å². The zero-order valence-electron chi connectivity index (χ0n) is 21.4. The first-order valence-electron chi connectivity index (χ1n) is 12.5. The number of ether oxygens (including phenoxy) is 1. The van der Waals surface area contributed by atoms with E-state index < -0.39 is 34.9 Å². The fourth-order valence-corrected chi connectivity index (χ4v) is 5.39. The van der Waals surface area contributed by atoms with Crippen LogP contribution in [0.1, 0.15) is 55.7 Å². The van der Waals surface area contributed by atoms with Crippen molar-refractivity contribution in [1.29, 1.82) is 0 Å². The number of nitrogens with one attached hydrogen (secondary N) is 2. The largest absolute Gasteiger partial charge is 0.497 e. The molecule has 37 heavy (non-hydrogen) atoms. The van der Waals surface area contributed by atoms with Crippen molar-refractivity contribution < 1.29 is 29.0 Å². The van der Waals surface area contributed by atoms with Crippen molar-refractivity contribution in [1.82, 2.24) is 15.5 Å². The Morgan fingerprint density at radius 2 is 1.62 bits per heavy atom. The summed E-state index contributed by atoms with van der Waals surface area (Å²) in [5.74, 6) is -1.12. The van der Waals surface area contributed by atoms with E-state index in [9.17, 15) is 24.3 Å². The van der Waals surface area contributed by atoms with Crippen molar-refractivity contribution in [3.8, 4) is 5.75 Å². The molecule has 1 saturated carbocycles. The van der Waals surface area contributed by atoms with Gasteiger partial charge < -0.3 is 20.1 Å². The van der Waals surface area contributed by atoms with Crippen molar-refractivity contribution in [2.75, 3.05) is 14.2 Å². The number of aliphatic carboxylic acids is 1. The lowest BCUT2D eigenvalue weighted by atomic mass is 9.68. The van der Waals surface area contributed by atoms with E-state index in [2.05, 4.69) is 10.6 Å². The lowest BCUT2D eigenvalue weighted by Gasteiger charge is -2.37. The van der Waals surface area contributed by atoms with Gasteiger partial charge in [-0.15, -0.1) is 0 Å². The zero-order chi connectivity index (χ0) is 26.8. The van der Waals surface area contributed by atoms with Crippen LogP contribution in [-0.4, -0.2) is 54.0 Å². The van der Waals surface area contributed by atoms with Gasteiger partial charge in [-0.3, -0.25) is 14.9 Å². The molecule has 0 unspecified atom stereocenters. The predicted octanol–water partition coefficient (Wildman–Crippen LogP) is 3.11. The van der Waals surface area contributed by atoms with Crippen LogP contribution >= 0.6 is 0 Å². The van der Waals surface area contributed by atoms with Crippen LogP contribution in [0.15, 0.2) is 48.5 Å². The highest BCUT2D eigenvalue weighted by molar-refractivity contribution is 6.07. The summed E-state index contributed by atoms with van der Waals surface area (Å²) in [6, 6.07) is 12.7. The summed E-state index contributed by atoms with van der Waals surface area (Å²) in [7, 11) is 3.14. The smallest absolute Gasteiger partial charge is 0.326 e. The first-order chi connectivity index (χ1) is 17.6. The molecule has 0 bridgehead atoms. The van der Waals surface area contributed by atoms with E-state index in [1.54, 1.807) is 45.3 Å². The highest BCUT2D eigenvalue weighted by Crippen LogP contribution is 2.40. The van der Waals surface area contributed by atoms with Crippen LogP contribution in [0.3, 0.4) is 0 Å². The summed E-state index contributed by atoms with van der Waals surface area (Å²) in [5, 5.41) is 15.1. The van der Waals surface area contributed by atoms with Crippen LogP contribution in [0.4, 0.5) is 4.79 Å². The fourth-order valence-electron chi connectivity index (χ4n) is 5.39. The Kier molecular flexibility index (Phi) is 7.25. The maximum atomic E-state index is 13.7. The average Bonchev–Trinajstić information content (AvgIpc) is 3.11. The molecular formula is C28H33N3O6. The number of carbonyl (C=O) groups excluding carboxylic acids is 3. The number of likely N-dealkylation sites (N-methyl/N-ethyl adjacent to an activating group) is 1. The minimum Gasteiger partial charge on any atom is -0.497 e. The van der Waals surface area contributed by atoms with Gasteiger partial charge >= 0.3 is 12.0 Å². The second-order valence-electron chi connectivity index (χ2n) is 10.0. The number of carboxylic acid groups (broad SMARTS) is 1. The van der Waals surface area contributed by atoms with E-state index in [1.807, 2.05) is 24.3 Å². The summed E-state index contributed by atoms with van der Waals surface area (Å²) in [4.78, 5) is 51.5. The molecule has 1 saturated heterocycles. The number of benzene rings is 2. The van der Waals surface area contributed by atoms with E-state index in [4.69, 9.17) is 4.74 Å². The SMILES string of the molecule is COc1ccc(C2(C(=O)N[C@@H](Cc3ccc([C@@]4(C)C(=O)NC(=O)N4C)cc3)C(=O)O)CCCCC2)cc1. The lowest BCUT2D eigenvalue weighted by Crippen LogP contribution is -2.52. The number of hydrogen-bond donors (Lipinski definition) is 3. The van der Waals surface area contributed by atoms with Crippen LogP contribution in [0.2, 0.25) is 0 Å². The van der Waals surface area contributed by atoms with Crippen molar-refractivity contribution >= 4 is 23.8 Å². The molecule has 1 heterocycles. The van der Waals surface area contributed by atoms with E-state index in [1.165, 1.54) is 4.90 Å². The molecule has 2 atom stereocenters. The third kappa shape index (κ3) is 4.77. The molecule has 1 aliphatic carbocycles. The Morgan fingerprint density at radius 1 is 1.03 bits per heavy atom. The molecule has 2 aliphatic rings. The highest BCUT2D eigenvalue weighted by Gasteiger charge is 2.48. The minimum atomic E-state index is -1.15. The first kappa shape index (κ1) is 26.2. The maximum Gasteiger partial charge on any atom is 0.326 e. The summed E-state index contributed by atoms with van der Waals surface area (Å²) >= 11 is 0. The molecular weight excluding hydrogens is 474 g/mol. The molecule has 4 rings (SSSR count). The van der Waals surface area contributed by atoms with Crippen LogP contribution in [0.5, 0.6) is 5.75 Å². The normalized spacial score (nSPS) is 21.8. The number of carbonyl (C=O) groups is 4. The van der Waals surface area contributed by atoms with Gasteiger partial charge in [0.25, 0.3) is 5.91 Å². The summed E-state index contributed by atoms with van der Waals surface area (Å²) in [5.41, 5.74) is 0.222. The number of imide groups is 1. The van der Waals surface area contributed by atoms with Crippen LogP contribution in [0.25, 0.3) is 0 Å². The molecule has 0 aromatic heterocycles. The number of carboxylic acids is 1. The van der Waals surface area contributed by atoms with Crippen LogP contribution < -0.4 is 15.4 Å². The van der Waals surface area contributed by atoms with Gasteiger partial charge in [0.05, 0.1) is 12.5 Å². The number of methoxy groups -OCH3 is 1. The van der Waals surface area contributed by atoms with Crippen LogP contribution in [-0.2, 0) is 31.8 Å². The lowest BCUT2D eigenvalue weighted by molar-refractivity contribution is -0.143. The Bertz CT molecular complexity index is 1190. The quantitative estimate of drug-likeness (QED) is 0.472. The van der Waals surface area contributed by atoms with Gasteiger partial charge in [0, 0.05) is 13.5 Å². The van der Waals surface area contributed by atoms with Gasteiger partial charge in [-0.2, -0.15) is 0 Å². The summed E-state index contributed by atoms with van der Waals surface area (Å²) in [6.45, 7) is 1.66. The molecule has 2 aromatic rings. The third-order valence-corrected chi connectivity index (χ3v) is 7.98. The molecule has 9 heteroatoms.